The van der Waals surface area contributed by atoms with Crippen molar-refractivity contribution in [3.8, 4) is 0 Å². The highest BCUT2D eigenvalue weighted by atomic mass is 32.2. The van der Waals surface area contributed by atoms with Crippen LogP contribution in [0.2, 0.25) is 0 Å². The van der Waals surface area contributed by atoms with E-state index in [9.17, 15) is 22.8 Å². The fourth-order valence-corrected chi connectivity index (χ4v) is 6.16. The van der Waals surface area contributed by atoms with Crippen LogP contribution >= 0.6 is 0 Å². The number of piperazine rings is 1. The molecule has 9 heteroatoms. The van der Waals surface area contributed by atoms with Crippen molar-refractivity contribution in [2.24, 2.45) is 5.41 Å². The van der Waals surface area contributed by atoms with Gasteiger partial charge in [-0.15, -0.1) is 0 Å². The van der Waals surface area contributed by atoms with Crippen LogP contribution in [0.25, 0.3) is 0 Å². The van der Waals surface area contributed by atoms with Crippen molar-refractivity contribution in [1.29, 1.82) is 0 Å². The highest BCUT2D eigenvalue weighted by molar-refractivity contribution is 7.89. The molecule has 162 valence electrons. The summed E-state index contributed by atoms with van der Waals surface area (Å²) in [5.74, 6) is -0.783. The molecule has 2 heterocycles. The van der Waals surface area contributed by atoms with Crippen molar-refractivity contribution < 1.29 is 22.8 Å². The zero-order valence-electron chi connectivity index (χ0n) is 17.2. The summed E-state index contributed by atoms with van der Waals surface area (Å²) in [5, 5.41) is 0. The molecule has 3 fully saturated rings. The lowest BCUT2D eigenvalue weighted by molar-refractivity contribution is -0.147. The first-order chi connectivity index (χ1) is 14.2. The topological polar surface area (TPSA) is 95.1 Å². The second kappa shape index (κ2) is 7.77. The minimum absolute atomic E-state index is 0.188. The lowest BCUT2D eigenvalue weighted by Crippen LogP contribution is -2.53. The van der Waals surface area contributed by atoms with Gasteiger partial charge in [-0.3, -0.25) is 19.3 Å². The Balaban J connectivity index is 1.36. The van der Waals surface area contributed by atoms with E-state index >= 15 is 0 Å². The maximum atomic E-state index is 12.8. The Morgan fingerprint density at radius 3 is 2.20 bits per heavy atom. The molecule has 1 spiro atoms. The number of benzene rings is 1. The van der Waals surface area contributed by atoms with Crippen LogP contribution < -0.4 is 0 Å². The SMILES string of the molecule is Cc1ccc(S(=O)(=O)N2CCN(C(=O)CN3C(=O)CC4(CCCC4)C3=O)CC2)cc1. The molecular weight excluding hydrogens is 406 g/mol. The second-order valence-corrected chi connectivity index (χ2v) is 10.5. The number of rotatable bonds is 4. The maximum Gasteiger partial charge on any atom is 0.243 e. The second-order valence-electron chi connectivity index (χ2n) is 8.55. The van der Waals surface area contributed by atoms with Gasteiger partial charge in [0.15, 0.2) is 0 Å². The molecule has 1 aromatic carbocycles. The van der Waals surface area contributed by atoms with Crippen LogP contribution in [0.5, 0.6) is 0 Å². The van der Waals surface area contributed by atoms with Gasteiger partial charge in [0.05, 0.1) is 10.3 Å². The van der Waals surface area contributed by atoms with Gasteiger partial charge >= 0.3 is 0 Å². The van der Waals surface area contributed by atoms with Crippen LogP contribution in [0.4, 0.5) is 0 Å². The minimum atomic E-state index is -3.61. The first kappa shape index (κ1) is 21.0. The van der Waals surface area contributed by atoms with E-state index in [2.05, 4.69) is 0 Å². The molecule has 2 aliphatic heterocycles. The van der Waals surface area contributed by atoms with Crippen LogP contribution in [0.15, 0.2) is 29.2 Å². The third-order valence-electron chi connectivity index (χ3n) is 6.59. The molecule has 0 unspecified atom stereocenters. The summed E-state index contributed by atoms with van der Waals surface area (Å²) in [4.78, 5) is 40.8. The molecule has 8 nitrogen and oxygen atoms in total. The number of nitrogens with zero attached hydrogens (tertiary/aromatic N) is 3. The van der Waals surface area contributed by atoms with Crippen molar-refractivity contribution >= 4 is 27.7 Å². The van der Waals surface area contributed by atoms with E-state index < -0.39 is 15.4 Å². The minimum Gasteiger partial charge on any atom is -0.338 e. The monoisotopic (exact) mass is 433 g/mol. The van der Waals surface area contributed by atoms with Crippen molar-refractivity contribution in [3.63, 3.8) is 0 Å². The van der Waals surface area contributed by atoms with Crippen LogP contribution in [0.1, 0.15) is 37.7 Å². The van der Waals surface area contributed by atoms with Gasteiger partial charge in [-0.2, -0.15) is 4.31 Å². The van der Waals surface area contributed by atoms with Crippen LogP contribution in [-0.2, 0) is 24.4 Å². The molecule has 0 aromatic heterocycles. The molecule has 1 aromatic rings. The zero-order valence-corrected chi connectivity index (χ0v) is 18.0. The van der Waals surface area contributed by atoms with E-state index in [-0.39, 0.29) is 61.8 Å². The molecule has 0 radical (unpaired) electrons. The average molecular weight is 434 g/mol. The van der Waals surface area contributed by atoms with E-state index in [0.29, 0.717) is 0 Å². The van der Waals surface area contributed by atoms with Crippen molar-refractivity contribution in [3.05, 3.63) is 29.8 Å². The molecule has 3 aliphatic rings. The summed E-state index contributed by atoms with van der Waals surface area (Å²) in [5.41, 5.74) is 0.396. The summed E-state index contributed by atoms with van der Waals surface area (Å²) >= 11 is 0. The third kappa shape index (κ3) is 3.65. The smallest absolute Gasteiger partial charge is 0.243 e. The highest BCUT2D eigenvalue weighted by Gasteiger charge is 2.53. The Hall–Kier alpha value is -2.26. The maximum absolute atomic E-state index is 12.8. The number of aryl methyl sites for hydroxylation is 1. The molecule has 0 N–H and O–H groups in total. The number of hydrogen-bond acceptors (Lipinski definition) is 5. The predicted octanol–water partition coefficient (Wildman–Crippen LogP) is 1.15. The standard InChI is InChI=1S/C21H27N3O5S/c1-16-4-6-17(7-5-16)30(28,29)23-12-10-22(11-13-23)19(26)15-24-18(25)14-21(20(24)27)8-2-3-9-21/h4-7H,2-3,8-15H2,1H3. The molecule has 30 heavy (non-hydrogen) atoms. The first-order valence-corrected chi connectivity index (χ1v) is 11.9. The molecule has 1 saturated carbocycles. The summed E-state index contributed by atoms with van der Waals surface area (Å²) in [6.45, 7) is 2.51. The molecule has 0 bridgehead atoms. The molecule has 1 aliphatic carbocycles. The lowest BCUT2D eigenvalue weighted by Gasteiger charge is -2.34. The van der Waals surface area contributed by atoms with Crippen LogP contribution in [0.3, 0.4) is 0 Å². The fourth-order valence-electron chi connectivity index (χ4n) is 4.73. The van der Waals surface area contributed by atoms with Crippen molar-refractivity contribution in [2.75, 3.05) is 32.7 Å². The van der Waals surface area contributed by atoms with Gasteiger partial charge in [0.1, 0.15) is 6.54 Å². The van der Waals surface area contributed by atoms with Gasteiger partial charge in [-0.05, 0) is 31.9 Å². The van der Waals surface area contributed by atoms with Gasteiger partial charge in [-0.1, -0.05) is 30.5 Å². The van der Waals surface area contributed by atoms with E-state index in [4.69, 9.17) is 0 Å². The summed E-state index contributed by atoms with van der Waals surface area (Å²) in [6.07, 6.45) is 3.54. The number of hydrogen-bond donors (Lipinski definition) is 0. The average Bonchev–Trinajstić information content (AvgIpc) is 3.29. The number of likely N-dealkylation sites (tertiary alicyclic amines) is 1. The van der Waals surface area contributed by atoms with Crippen molar-refractivity contribution in [2.45, 2.75) is 43.9 Å². The number of imide groups is 1. The van der Waals surface area contributed by atoms with Crippen LogP contribution in [-0.4, -0.2) is 73.0 Å². The zero-order chi connectivity index (χ0) is 21.5. The largest absolute Gasteiger partial charge is 0.338 e. The Morgan fingerprint density at radius 2 is 1.60 bits per heavy atom. The van der Waals surface area contributed by atoms with Gasteiger partial charge in [0.25, 0.3) is 0 Å². The van der Waals surface area contributed by atoms with Gasteiger partial charge < -0.3 is 4.90 Å². The molecule has 0 atom stereocenters. The van der Waals surface area contributed by atoms with E-state index in [0.717, 1.165) is 36.1 Å². The molecule has 3 amide bonds. The fraction of sp³-hybridized carbons (Fsp3) is 0.571. The summed E-state index contributed by atoms with van der Waals surface area (Å²) in [6, 6.07) is 6.69. The number of carbonyl (C=O) groups is 3. The summed E-state index contributed by atoms with van der Waals surface area (Å²) < 4.78 is 27.0. The lowest BCUT2D eigenvalue weighted by atomic mass is 9.84. The van der Waals surface area contributed by atoms with E-state index in [1.54, 1.807) is 29.2 Å². The Morgan fingerprint density at radius 1 is 1.00 bits per heavy atom. The highest BCUT2D eigenvalue weighted by Crippen LogP contribution is 2.46. The first-order valence-electron chi connectivity index (χ1n) is 10.4. The molecule has 2 saturated heterocycles. The van der Waals surface area contributed by atoms with Gasteiger partial charge in [0.2, 0.25) is 27.7 Å². The molecular formula is C21H27N3O5S. The van der Waals surface area contributed by atoms with Crippen LogP contribution in [0, 0.1) is 12.3 Å². The Bertz CT molecular complexity index is 959. The normalized spacial score (nSPS) is 22.3. The predicted molar refractivity (Wildman–Crippen MR) is 109 cm³/mol. The quantitative estimate of drug-likeness (QED) is 0.664. The third-order valence-corrected chi connectivity index (χ3v) is 8.51. The van der Waals surface area contributed by atoms with Gasteiger partial charge in [-0.25, -0.2) is 8.42 Å². The number of sulfonamides is 1. The molecule has 4 rings (SSSR count). The Kier molecular flexibility index (Phi) is 5.44. The number of carbonyl (C=O) groups excluding carboxylic acids is 3. The van der Waals surface area contributed by atoms with E-state index in [1.165, 1.54) is 4.31 Å². The van der Waals surface area contributed by atoms with E-state index in [1.807, 2.05) is 6.92 Å². The Labute approximate surface area is 176 Å². The summed E-state index contributed by atoms with van der Waals surface area (Å²) in [7, 11) is -3.61. The van der Waals surface area contributed by atoms with Crippen molar-refractivity contribution in [1.82, 2.24) is 14.1 Å². The number of amides is 3. The van der Waals surface area contributed by atoms with Gasteiger partial charge in [0, 0.05) is 32.6 Å².